The fourth-order valence-electron chi connectivity index (χ4n) is 12.1. The maximum atomic E-state index is 11.7. The van der Waals surface area contributed by atoms with Crippen LogP contribution >= 0.6 is 0 Å². The van der Waals surface area contributed by atoms with Gasteiger partial charge in [-0.1, -0.05) is 27.7 Å². The summed E-state index contributed by atoms with van der Waals surface area (Å²) < 4.78 is 6.66. The zero-order chi connectivity index (χ0) is 25.6. The molecule has 0 bridgehead atoms. The van der Waals surface area contributed by atoms with E-state index in [0.29, 0.717) is 5.92 Å². The lowest BCUT2D eigenvalue weighted by atomic mass is 9.41. The average Bonchev–Trinajstić information content (AvgIpc) is 3.08. The first-order valence-electron chi connectivity index (χ1n) is 14.4. The fraction of sp³-hybridized carbons (Fsp3) is 1.00. The first kappa shape index (κ1) is 25.1. The number of aliphatic hydroxyl groups excluding tert-OH is 3. The van der Waals surface area contributed by atoms with E-state index in [1.807, 2.05) is 13.8 Å². The molecule has 2 spiro atoms. The molecule has 0 amide bonds. The summed E-state index contributed by atoms with van der Waals surface area (Å²) >= 11 is 0. The van der Waals surface area contributed by atoms with Gasteiger partial charge in [0, 0.05) is 5.92 Å². The van der Waals surface area contributed by atoms with E-state index in [2.05, 4.69) is 34.6 Å². The monoisotopic (exact) mass is 490 g/mol. The summed E-state index contributed by atoms with van der Waals surface area (Å²) in [4.78, 5) is 0. The van der Waals surface area contributed by atoms with Gasteiger partial charge in [-0.15, -0.1) is 0 Å². The lowest BCUT2D eigenvalue weighted by molar-refractivity contribution is -0.213. The van der Waals surface area contributed by atoms with Crippen LogP contribution in [0.15, 0.2) is 0 Å². The Balaban J connectivity index is 1.37. The summed E-state index contributed by atoms with van der Waals surface area (Å²) in [5.74, 6) is 0.577. The maximum Gasteiger partial charge on any atom is 0.0865 e. The van der Waals surface area contributed by atoms with Crippen molar-refractivity contribution < 1.29 is 25.2 Å². The van der Waals surface area contributed by atoms with Crippen LogP contribution < -0.4 is 0 Å². The van der Waals surface area contributed by atoms with Crippen molar-refractivity contribution in [3.05, 3.63) is 0 Å². The first-order chi connectivity index (χ1) is 16.0. The molecule has 0 aromatic carbocycles. The molecule has 7 unspecified atom stereocenters. The third kappa shape index (κ3) is 2.78. The lowest BCUT2D eigenvalue weighted by Gasteiger charge is -2.64. The molecule has 5 nitrogen and oxygen atoms in total. The summed E-state index contributed by atoms with van der Waals surface area (Å²) in [7, 11) is 0. The second kappa shape index (κ2) is 6.86. The summed E-state index contributed by atoms with van der Waals surface area (Å²) in [5.41, 5.74) is -1.35. The second-order valence-corrected chi connectivity index (χ2v) is 15.9. The molecule has 5 saturated carbocycles. The van der Waals surface area contributed by atoms with Crippen LogP contribution in [0.4, 0.5) is 0 Å². The van der Waals surface area contributed by atoms with E-state index in [4.69, 9.17) is 4.74 Å². The highest BCUT2D eigenvalue weighted by molar-refractivity contribution is 5.33. The zero-order valence-corrected chi connectivity index (χ0v) is 23.1. The Hall–Kier alpha value is -0.200. The van der Waals surface area contributed by atoms with Crippen molar-refractivity contribution in [1.29, 1.82) is 0 Å². The largest absolute Gasteiger partial charge is 0.393 e. The van der Waals surface area contributed by atoms with Crippen LogP contribution in [0.1, 0.15) is 106 Å². The number of ether oxygens (including phenoxy) is 1. The summed E-state index contributed by atoms with van der Waals surface area (Å²) in [6.07, 6.45) is 7.18. The molecule has 1 heterocycles. The molecule has 1 aliphatic heterocycles. The molecular formula is C30H50O5. The van der Waals surface area contributed by atoms with Crippen LogP contribution in [0.2, 0.25) is 0 Å². The van der Waals surface area contributed by atoms with Crippen molar-refractivity contribution >= 4 is 0 Å². The third-order valence-corrected chi connectivity index (χ3v) is 13.8. The van der Waals surface area contributed by atoms with Crippen molar-refractivity contribution in [3.63, 3.8) is 0 Å². The van der Waals surface area contributed by atoms with Gasteiger partial charge in [-0.2, -0.15) is 0 Å². The van der Waals surface area contributed by atoms with Gasteiger partial charge in [0.2, 0.25) is 0 Å². The van der Waals surface area contributed by atoms with Crippen molar-refractivity contribution in [2.24, 2.45) is 44.8 Å². The zero-order valence-electron chi connectivity index (χ0n) is 23.1. The SMILES string of the molecule is CC(C)(O)C1CC[C@](C)(C2C(O)C[C@@]3(C)C4CC(O)C5C(C)(C)C(O)CC[C@@]56C[C@@]46CC[C@]23C)O1. The van der Waals surface area contributed by atoms with Crippen LogP contribution in [0.3, 0.4) is 0 Å². The highest BCUT2D eigenvalue weighted by Gasteiger charge is 2.84. The van der Waals surface area contributed by atoms with Crippen molar-refractivity contribution in [2.45, 2.75) is 142 Å². The summed E-state index contributed by atoms with van der Waals surface area (Å²) in [6.45, 7) is 15.0. The quantitative estimate of drug-likeness (QED) is 0.460. The number of aliphatic hydroxyl groups is 4. The first-order valence-corrected chi connectivity index (χ1v) is 14.4. The molecule has 4 N–H and O–H groups in total. The van der Waals surface area contributed by atoms with E-state index < -0.39 is 23.4 Å². The van der Waals surface area contributed by atoms with E-state index >= 15 is 0 Å². The summed E-state index contributed by atoms with van der Waals surface area (Å²) in [5, 5.41) is 45.0. The van der Waals surface area contributed by atoms with Gasteiger partial charge in [0.05, 0.1) is 35.6 Å². The van der Waals surface area contributed by atoms with Gasteiger partial charge in [-0.05, 0) is 117 Å². The smallest absolute Gasteiger partial charge is 0.0865 e. The minimum Gasteiger partial charge on any atom is -0.393 e. The average molecular weight is 491 g/mol. The Morgan fingerprint density at radius 3 is 2.09 bits per heavy atom. The minimum absolute atomic E-state index is 0.0267. The van der Waals surface area contributed by atoms with Gasteiger partial charge < -0.3 is 25.2 Å². The van der Waals surface area contributed by atoms with Gasteiger partial charge in [0.15, 0.2) is 0 Å². The van der Waals surface area contributed by atoms with E-state index in [1.54, 1.807) is 0 Å². The predicted molar refractivity (Wildman–Crippen MR) is 134 cm³/mol. The minimum atomic E-state index is -0.886. The topological polar surface area (TPSA) is 90.2 Å². The van der Waals surface area contributed by atoms with Crippen LogP contribution in [-0.2, 0) is 4.74 Å². The number of hydrogen-bond donors (Lipinski definition) is 4. The molecular weight excluding hydrogens is 440 g/mol. The fourth-order valence-corrected chi connectivity index (χ4v) is 12.1. The molecule has 1 saturated heterocycles. The van der Waals surface area contributed by atoms with Crippen molar-refractivity contribution in [3.8, 4) is 0 Å². The Bertz CT molecular complexity index is 911. The van der Waals surface area contributed by atoms with Crippen molar-refractivity contribution in [2.75, 3.05) is 0 Å². The number of hydrogen-bond acceptors (Lipinski definition) is 5. The number of fused-ring (bicyclic) bond motifs is 2. The molecule has 0 aromatic heterocycles. The highest BCUT2D eigenvalue weighted by Crippen LogP contribution is 2.89. The van der Waals surface area contributed by atoms with E-state index in [0.717, 1.165) is 51.4 Å². The molecule has 200 valence electrons. The van der Waals surface area contributed by atoms with E-state index in [-0.39, 0.29) is 51.1 Å². The molecule has 12 atom stereocenters. The van der Waals surface area contributed by atoms with Crippen LogP contribution in [-0.4, -0.2) is 56.0 Å². The van der Waals surface area contributed by atoms with Crippen molar-refractivity contribution in [1.82, 2.24) is 0 Å². The molecule has 0 radical (unpaired) electrons. The third-order valence-electron chi connectivity index (χ3n) is 13.8. The lowest BCUT2D eigenvalue weighted by Crippen LogP contribution is -2.62. The molecule has 6 aliphatic rings. The van der Waals surface area contributed by atoms with Crippen LogP contribution in [0, 0.1) is 44.8 Å². The van der Waals surface area contributed by atoms with E-state index in [1.165, 1.54) is 6.42 Å². The number of rotatable bonds is 2. The molecule has 6 fully saturated rings. The van der Waals surface area contributed by atoms with E-state index in [9.17, 15) is 20.4 Å². The Kier molecular flexibility index (Phi) is 4.92. The molecule has 0 aromatic rings. The molecule has 5 heteroatoms. The van der Waals surface area contributed by atoms with Gasteiger partial charge in [-0.3, -0.25) is 0 Å². The van der Waals surface area contributed by atoms with Crippen LogP contribution in [0.25, 0.3) is 0 Å². The maximum absolute atomic E-state index is 11.7. The molecule has 6 rings (SSSR count). The second-order valence-electron chi connectivity index (χ2n) is 15.9. The van der Waals surface area contributed by atoms with Gasteiger partial charge in [0.25, 0.3) is 0 Å². The predicted octanol–water partition coefficient (Wildman–Crippen LogP) is 4.44. The summed E-state index contributed by atoms with van der Waals surface area (Å²) in [6, 6.07) is 0. The van der Waals surface area contributed by atoms with Gasteiger partial charge >= 0.3 is 0 Å². The Labute approximate surface area is 212 Å². The van der Waals surface area contributed by atoms with Gasteiger partial charge in [-0.25, -0.2) is 0 Å². The normalized spacial score (nSPS) is 60.9. The van der Waals surface area contributed by atoms with Gasteiger partial charge in [0.1, 0.15) is 0 Å². The Morgan fingerprint density at radius 1 is 0.771 bits per heavy atom. The standard InChI is InChI=1S/C30H50O5/c1-24(2)20(33)8-11-30-16-29(30)13-12-26(5)23(28(7)10-9-21(35-28)25(3,4)34)18(32)15-27(26,6)19(29)14-17(31)22(24)30/h17-23,31-34H,8-16H2,1-7H3/t17?,18?,19?,20?,21?,22?,23?,26-,27+,28-,29+,30-/m1/s1. The highest BCUT2D eigenvalue weighted by atomic mass is 16.5. The molecule has 5 aliphatic carbocycles. The molecule has 35 heavy (non-hydrogen) atoms. The Morgan fingerprint density at radius 2 is 1.46 bits per heavy atom. The van der Waals surface area contributed by atoms with Crippen LogP contribution in [0.5, 0.6) is 0 Å².